The molecule has 1 atom stereocenters. The SMILES string of the molecule is O=C(NC1CCN(C[C@@H]2CCCO2)CC1)c1cc(=O)c2cccc(F)c2[nH]1. The predicted octanol–water partition coefficient (Wildman–Crippen LogP) is 2.04. The first-order valence-electron chi connectivity index (χ1n) is 9.56. The summed E-state index contributed by atoms with van der Waals surface area (Å²) in [6.45, 7) is 3.64. The number of carbonyl (C=O) groups excluding carboxylic acids is 1. The molecule has 1 amide bonds. The Kier molecular flexibility index (Phi) is 5.22. The minimum absolute atomic E-state index is 0.0538. The topological polar surface area (TPSA) is 74.4 Å². The van der Waals surface area contributed by atoms with Crippen LogP contribution in [0.15, 0.2) is 29.1 Å². The van der Waals surface area contributed by atoms with Gasteiger partial charge in [0.05, 0.1) is 11.6 Å². The van der Waals surface area contributed by atoms with Crippen LogP contribution >= 0.6 is 0 Å². The molecule has 0 unspecified atom stereocenters. The number of fused-ring (bicyclic) bond motifs is 1. The number of hydrogen-bond acceptors (Lipinski definition) is 4. The quantitative estimate of drug-likeness (QED) is 0.860. The molecule has 0 aliphatic carbocycles. The second-order valence-electron chi connectivity index (χ2n) is 7.39. The highest BCUT2D eigenvalue weighted by molar-refractivity contribution is 5.95. The van der Waals surface area contributed by atoms with Crippen LogP contribution in [0.25, 0.3) is 10.9 Å². The van der Waals surface area contributed by atoms with Crippen molar-refractivity contribution in [2.45, 2.75) is 37.8 Å². The minimum Gasteiger partial charge on any atom is -0.377 e. The van der Waals surface area contributed by atoms with Gasteiger partial charge in [-0.1, -0.05) is 6.07 Å². The number of halogens is 1. The first-order chi connectivity index (χ1) is 13.1. The van der Waals surface area contributed by atoms with Crippen molar-refractivity contribution in [2.24, 2.45) is 0 Å². The highest BCUT2D eigenvalue weighted by atomic mass is 19.1. The van der Waals surface area contributed by atoms with Gasteiger partial charge in [-0.15, -0.1) is 0 Å². The molecule has 2 aromatic rings. The molecule has 4 rings (SSSR count). The minimum atomic E-state index is -0.540. The molecule has 2 aliphatic heterocycles. The summed E-state index contributed by atoms with van der Waals surface area (Å²) in [6.07, 6.45) is 4.31. The number of benzene rings is 1. The van der Waals surface area contributed by atoms with E-state index in [2.05, 4.69) is 15.2 Å². The molecule has 2 saturated heterocycles. The Bertz CT molecular complexity index is 884. The van der Waals surface area contributed by atoms with E-state index in [0.717, 1.165) is 51.9 Å². The number of aromatic amines is 1. The number of pyridine rings is 1. The Morgan fingerprint density at radius 1 is 1.30 bits per heavy atom. The highest BCUT2D eigenvalue weighted by Crippen LogP contribution is 2.17. The molecular weight excluding hydrogens is 349 g/mol. The van der Waals surface area contributed by atoms with Gasteiger partial charge in [0.25, 0.3) is 5.91 Å². The van der Waals surface area contributed by atoms with E-state index in [-0.39, 0.29) is 34.0 Å². The van der Waals surface area contributed by atoms with Crippen LogP contribution in [-0.4, -0.2) is 54.2 Å². The van der Waals surface area contributed by atoms with Crippen LogP contribution in [-0.2, 0) is 4.74 Å². The smallest absolute Gasteiger partial charge is 0.268 e. The lowest BCUT2D eigenvalue weighted by Crippen LogP contribution is -2.46. The third-order valence-corrected chi connectivity index (χ3v) is 5.47. The number of carbonyl (C=O) groups is 1. The zero-order chi connectivity index (χ0) is 18.8. The molecule has 27 heavy (non-hydrogen) atoms. The van der Waals surface area contributed by atoms with E-state index in [1.165, 1.54) is 18.2 Å². The van der Waals surface area contributed by atoms with Crippen LogP contribution in [0.1, 0.15) is 36.2 Å². The number of piperidine rings is 1. The van der Waals surface area contributed by atoms with E-state index in [0.29, 0.717) is 6.10 Å². The van der Waals surface area contributed by atoms with E-state index in [1.807, 2.05) is 0 Å². The number of nitrogens with one attached hydrogen (secondary N) is 2. The van der Waals surface area contributed by atoms with Gasteiger partial charge in [-0.05, 0) is 37.8 Å². The van der Waals surface area contributed by atoms with Crippen LogP contribution in [0.5, 0.6) is 0 Å². The van der Waals surface area contributed by atoms with E-state index in [1.54, 1.807) is 6.07 Å². The number of likely N-dealkylation sites (tertiary alicyclic amines) is 1. The van der Waals surface area contributed by atoms with Gasteiger partial charge >= 0.3 is 0 Å². The zero-order valence-corrected chi connectivity index (χ0v) is 15.2. The fourth-order valence-corrected chi connectivity index (χ4v) is 3.96. The average molecular weight is 373 g/mol. The molecule has 144 valence electrons. The van der Waals surface area contributed by atoms with Gasteiger partial charge in [0.1, 0.15) is 11.5 Å². The Morgan fingerprint density at radius 2 is 2.11 bits per heavy atom. The summed E-state index contributed by atoms with van der Waals surface area (Å²) >= 11 is 0. The first-order valence-corrected chi connectivity index (χ1v) is 9.56. The van der Waals surface area contributed by atoms with Crippen molar-refractivity contribution in [3.8, 4) is 0 Å². The van der Waals surface area contributed by atoms with Crippen LogP contribution in [0.4, 0.5) is 4.39 Å². The Hall–Kier alpha value is -2.25. The maximum atomic E-state index is 14.0. The summed E-state index contributed by atoms with van der Waals surface area (Å²) in [4.78, 5) is 29.9. The van der Waals surface area contributed by atoms with Crippen molar-refractivity contribution in [3.63, 3.8) is 0 Å². The number of para-hydroxylation sites is 1. The van der Waals surface area contributed by atoms with E-state index >= 15 is 0 Å². The van der Waals surface area contributed by atoms with E-state index in [9.17, 15) is 14.0 Å². The van der Waals surface area contributed by atoms with Gasteiger partial charge in [0.15, 0.2) is 5.43 Å². The molecule has 2 aliphatic rings. The molecule has 1 aromatic carbocycles. The Balaban J connectivity index is 1.38. The molecule has 0 radical (unpaired) electrons. The fourth-order valence-electron chi connectivity index (χ4n) is 3.96. The lowest BCUT2D eigenvalue weighted by Gasteiger charge is -2.33. The third kappa shape index (κ3) is 4.04. The summed E-state index contributed by atoms with van der Waals surface area (Å²) in [5, 5.41) is 3.22. The van der Waals surface area contributed by atoms with Gasteiger partial charge in [0.2, 0.25) is 0 Å². The number of ether oxygens (including phenoxy) is 1. The van der Waals surface area contributed by atoms with Gasteiger partial charge in [-0.3, -0.25) is 9.59 Å². The van der Waals surface area contributed by atoms with E-state index in [4.69, 9.17) is 4.74 Å². The number of hydrogen-bond donors (Lipinski definition) is 2. The summed E-state index contributed by atoms with van der Waals surface area (Å²) in [7, 11) is 0. The number of H-pyrrole nitrogens is 1. The van der Waals surface area contributed by atoms with Crippen LogP contribution in [0, 0.1) is 5.82 Å². The van der Waals surface area contributed by atoms with Crippen molar-refractivity contribution in [1.82, 2.24) is 15.2 Å². The molecule has 0 bridgehead atoms. The summed E-state index contributed by atoms with van der Waals surface area (Å²) in [6, 6.07) is 5.59. The van der Waals surface area contributed by atoms with E-state index < -0.39 is 5.82 Å². The molecule has 2 fully saturated rings. The lowest BCUT2D eigenvalue weighted by molar-refractivity contribution is 0.0612. The standard InChI is InChI=1S/C20H24FN3O3/c21-16-5-1-4-15-18(25)11-17(23-19(15)16)20(26)22-13-6-8-24(9-7-13)12-14-3-2-10-27-14/h1,4-5,11,13-14H,2-3,6-10,12H2,(H,22,26)(H,23,25)/t14-/m0/s1. The molecular formula is C20H24FN3O3. The number of rotatable bonds is 4. The van der Waals surface area contributed by atoms with Crippen LogP contribution < -0.4 is 10.7 Å². The maximum absolute atomic E-state index is 14.0. The molecule has 0 spiro atoms. The normalized spacial score (nSPS) is 21.6. The maximum Gasteiger partial charge on any atom is 0.268 e. The molecule has 0 saturated carbocycles. The second-order valence-corrected chi connectivity index (χ2v) is 7.39. The highest BCUT2D eigenvalue weighted by Gasteiger charge is 2.25. The van der Waals surface area contributed by atoms with Crippen molar-refractivity contribution >= 4 is 16.8 Å². The van der Waals surface area contributed by atoms with Gasteiger partial charge in [0, 0.05) is 43.7 Å². The Morgan fingerprint density at radius 3 is 2.85 bits per heavy atom. The van der Waals surface area contributed by atoms with Crippen molar-refractivity contribution in [1.29, 1.82) is 0 Å². The monoisotopic (exact) mass is 373 g/mol. The van der Waals surface area contributed by atoms with Crippen LogP contribution in [0.3, 0.4) is 0 Å². The largest absolute Gasteiger partial charge is 0.377 e. The predicted molar refractivity (Wildman–Crippen MR) is 100 cm³/mol. The van der Waals surface area contributed by atoms with Gasteiger partial charge in [-0.25, -0.2) is 4.39 Å². The zero-order valence-electron chi connectivity index (χ0n) is 15.2. The molecule has 2 N–H and O–H groups in total. The summed E-state index contributed by atoms with van der Waals surface area (Å²) < 4.78 is 19.6. The van der Waals surface area contributed by atoms with Gasteiger partial charge < -0.3 is 19.9 Å². The van der Waals surface area contributed by atoms with Crippen molar-refractivity contribution in [3.05, 3.63) is 46.0 Å². The number of amides is 1. The number of aromatic nitrogens is 1. The van der Waals surface area contributed by atoms with Gasteiger partial charge in [-0.2, -0.15) is 0 Å². The third-order valence-electron chi connectivity index (χ3n) is 5.47. The fraction of sp³-hybridized carbons (Fsp3) is 0.500. The molecule has 3 heterocycles. The number of nitrogens with zero attached hydrogens (tertiary/aromatic N) is 1. The lowest BCUT2D eigenvalue weighted by atomic mass is 10.0. The van der Waals surface area contributed by atoms with Crippen molar-refractivity contribution in [2.75, 3.05) is 26.2 Å². The average Bonchev–Trinajstić information content (AvgIpc) is 3.17. The summed E-state index contributed by atoms with van der Waals surface area (Å²) in [5.41, 5.74) is -0.194. The second kappa shape index (κ2) is 7.78. The van der Waals surface area contributed by atoms with Crippen molar-refractivity contribution < 1.29 is 13.9 Å². The molecule has 6 nitrogen and oxygen atoms in total. The first kappa shape index (κ1) is 18.1. The Labute approximate surface area is 156 Å². The van der Waals surface area contributed by atoms with Crippen LogP contribution in [0.2, 0.25) is 0 Å². The molecule has 7 heteroatoms. The summed E-state index contributed by atoms with van der Waals surface area (Å²) in [5.74, 6) is -0.906. The molecule has 1 aromatic heterocycles.